The highest BCUT2D eigenvalue weighted by atomic mass is 16.5. The van der Waals surface area contributed by atoms with Crippen LogP contribution in [0.25, 0.3) is 11.1 Å². The van der Waals surface area contributed by atoms with Crippen molar-refractivity contribution in [1.29, 1.82) is 5.26 Å². The molecular weight excluding hydrogens is 252 g/mol. The minimum Gasteiger partial charge on any atom is -0.494 e. The summed E-state index contributed by atoms with van der Waals surface area (Å²) in [5.41, 5.74) is 2.31. The molecule has 1 aromatic heterocycles. The van der Waals surface area contributed by atoms with E-state index < -0.39 is 0 Å². The Balaban J connectivity index is 2.37. The third-order valence-corrected chi connectivity index (χ3v) is 3.00. The summed E-state index contributed by atoms with van der Waals surface area (Å²) < 4.78 is 5.53. The molecule has 0 radical (unpaired) electrons. The monoisotopic (exact) mass is 268 g/mol. The maximum atomic E-state index is 11.5. The summed E-state index contributed by atoms with van der Waals surface area (Å²) in [7, 11) is 0. The first-order valence-electron chi connectivity index (χ1n) is 6.53. The van der Waals surface area contributed by atoms with Crippen molar-refractivity contribution in [3.05, 3.63) is 51.9 Å². The first-order valence-corrected chi connectivity index (χ1v) is 6.53. The van der Waals surface area contributed by atoms with E-state index in [2.05, 4.69) is 11.9 Å². The Morgan fingerprint density at radius 2 is 2.00 bits per heavy atom. The number of rotatable bonds is 4. The van der Waals surface area contributed by atoms with Gasteiger partial charge in [-0.15, -0.1) is 0 Å². The molecule has 0 atom stereocenters. The number of nitriles is 1. The van der Waals surface area contributed by atoms with Gasteiger partial charge in [0.1, 0.15) is 17.4 Å². The van der Waals surface area contributed by atoms with E-state index in [1.54, 1.807) is 6.07 Å². The molecule has 4 heteroatoms. The van der Waals surface area contributed by atoms with Crippen LogP contribution in [-0.2, 0) is 0 Å². The predicted octanol–water partition coefficient (Wildman–Crippen LogP) is 3.01. The molecule has 0 aliphatic rings. The number of hydrogen-bond donors (Lipinski definition) is 1. The number of aromatic nitrogens is 1. The molecule has 0 saturated carbocycles. The summed E-state index contributed by atoms with van der Waals surface area (Å²) in [5.74, 6) is 0.818. The van der Waals surface area contributed by atoms with Gasteiger partial charge in [-0.1, -0.05) is 19.1 Å². The average Bonchev–Trinajstić information content (AvgIpc) is 2.46. The molecule has 0 unspecified atom stereocenters. The Hall–Kier alpha value is -2.54. The molecule has 2 rings (SSSR count). The molecule has 2 aromatic rings. The van der Waals surface area contributed by atoms with Crippen molar-refractivity contribution >= 4 is 0 Å². The van der Waals surface area contributed by atoms with Gasteiger partial charge in [0.15, 0.2) is 0 Å². The minimum atomic E-state index is -0.350. The highest BCUT2D eigenvalue weighted by Gasteiger charge is 2.07. The van der Waals surface area contributed by atoms with Crippen LogP contribution in [0.1, 0.15) is 24.6 Å². The van der Waals surface area contributed by atoms with Gasteiger partial charge in [0, 0.05) is 11.3 Å². The lowest BCUT2D eigenvalue weighted by Gasteiger charge is -2.08. The van der Waals surface area contributed by atoms with Crippen molar-refractivity contribution < 1.29 is 4.74 Å². The van der Waals surface area contributed by atoms with Crippen molar-refractivity contribution in [3.8, 4) is 22.9 Å². The largest absolute Gasteiger partial charge is 0.494 e. The number of aryl methyl sites for hydroxylation is 1. The van der Waals surface area contributed by atoms with Gasteiger partial charge in [-0.05, 0) is 37.1 Å². The molecular formula is C16H16N2O2. The first-order chi connectivity index (χ1) is 9.65. The molecule has 102 valence electrons. The van der Waals surface area contributed by atoms with E-state index in [9.17, 15) is 4.79 Å². The highest BCUT2D eigenvalue weighted by Crippen LogP contribution is 2.24. The lowest BCUT2D eigenvalue weighted by molar-refractivity contribution is 0.317. The van der Waals surface area contributed by atoms with Crippen LogP contribution >= 0.6 is 0 Å². The second kappa shape index (κ2) is 6.07. The van der Waals surface area contributed by atoms with E-state index in [1.165, 1.54) is 0 Å². The molecule has 0 fully saturated rings. The number of pyridine rings is 1. The van der Waals surface area contributed by atoms with E-state index in [-0.39, 0.29) is 11.1 Å². The molecule has 0 amide bonds. The van der Waals surface area contributed by atoms with Crippen LogP contribution < -0.4 is 10.3 Å². The summed E-state index contributed by atoms with van der Waals surface area (Å²) >= 11 is 0. The fraction of sp³-hybridized carbons (Fsp3) is 0.250. The number of ether oxygens (including phenoxy) is 1. The van der Waals surface area contributed by atoms with E-state index in [4.69, 9.17) is 10.00 Å². The van der Waals surface area contributed by atoms with Gasteiger partial charge in [0.2, 0.25) is 0 Å². The molecule has 1 aromatic carbocycles. The van der Waals surface area contributed by atoms with Crippen LogP contribution in [-0.4, -0.2) is 11.6 Å². The number of nitrogens with one attached hydrogen (secondary N) is 1. The lowest BCUT2D eigenvalue weighted by Crippen LogP contribution is -2.11. The van der Waals surface area contributed by atoms with Crippen molar-refractivity contribution in [2.75, 3.05) is 6.61 Å². The van der Waals surface area contributed by atoms with Crippen LogP contribution in [0.15, 0.2) is 35.1 Å². The molecule has 0 bridgehead atoms. The maximum Gasteiger partial charge on any atom is 0.266 e. The summed E-state index contributed by atoms with van der Waals surface area (Å²) in [6.07, 6.45) is 0.965. The summed E-state index contributed by atoms with van der Waals surface area (Å²) in [6, 6.07) is 11.2. The second-order valence-corrected chi connectivity index (χ2v) is 4.54. The van der Waals surface area contributed by atoms with Gasteiger partial charge in [0.25, 0.3) is 5.56 Å². The number of hydrogen-bond acceptors (Lipinski definition) is 3. The SMILES string of the molecule is CCCOc1ccc(-c2cc(C#N)c(=O)[nH]c2C)cc1. The fourth-order valence-electron chi connectivity index (χ4n) is 1.96. The zero-order valence-corrected chi connectivity index (χ0v) is 11.6. The van der Waals surface area contributed by atoms with Gasteiger partial charge in [-0.2, -0.15) is 5.26 Å². The van der Waals surface area contributed by atoms with Gasteiger partial charge >= 0.3 is 0 Å². The molecule has 20 heavy (non-hydrogen) atoms. The van der Waals surface area contributed by atoms with Gasteiger partial charge in [-0.25, -0.2) is 0 Å². The van der Waals surface area contributed by atoms with Crippen molar-refractivity contribution in [3.63, 3.8) is 0 Å². The lowest BCUT2D eigenvalue weighted by atomic mass is 10.0. The standard InChI is InChI=1S/C16H16N2O2/c1-3-8-20-14-6-4-12(5-7-14)15-9-13(10-17)16(19)18-11(15)2/h4-7,9H,3,8H2,1-2H3,(H,18,19). The van der Waals surface area contributed by atoms with E-state index in [1.807, 2.05) is 37.3 Å². The molecule has 4 nitrogen and oxygen atoms in total. The molecule has 0 saturated heterocycles. The van der Waals surface area contributed by atoms with Crippen molar-refractivity contribution in [1.82, 2.24) is 4.98 Å². The third kappa shape index (κ3) is 2.89. The predicted molar refractivity (Wildman–Crippen MR) is 77.7 cm³/mol. The van der Waals surface area contributed by atoms with Gasteiger partial charge < -0.3 is 9.72 Å². The molecule has 1 heterocycles. The maximum absolute atomic E-state index is 11.5. The summed E-state index contributed by atoms with van der Waals surface area (Å²) in [5, 5.41) is 8.93. The number of benzene rings is 1. The van der Waals surface area contributed by atoms with Crippen LogP contribution in [0, 0.1) is 18.3 Å². The minimum absolute atomic E-state index is 0.122. The van der Waals surface area contributed by atoms with Gasteiger partial charge in [-0.3, -0.25) is 4.79 Å². The van der Waals surface area contributed by atoms with Crippen LogP contribution in [0.5, 0.6) is 5.75 Å². The van der Waals surface area contributed by atoms with E-state index in [0.717, 1.165) is 29.0 Å². The average molecular weight is 268 g/mol. The molecule has 0 aliphatic carbocycles. The quantitative estimate of drug-likeness (QED) is 0.926. The molecule has 0 spiro atoms. The Morgan fingerprint density at radius 3 is 2.60 bits per heavy atom. The number of aromatic amines is 1. The zero-order valence-electron chi connectivity index (χ0n) is 11.6. The highest BCUT2D eigenvalue weighted by molar-refractivity contribution is 5.67. The molecule has 0 aliphatic heterocycles. The van der Waals surface area contributed by atoms with Crippen LogP contribution in [0.3, 0.4) is 0 Å². The Bertz CT molecular complexity index is 694. The Morgan fingerprint density at radius 1 is 1.30 bits per heavy atom. The Kier molecular flexibility index (Phi) is 4.21. The van der Waals surface area contributed by atoms with Gasteiger partial charge in [0.05, 0.1) is 6.61 Å². The van der Waals surface area contributed by atoms with E-state index in [0.29, 0.717) is 6.61 Å². The number of nitrogens with zero attached hydrogens (tertiary/aromatic N) is 1. The van der Waals surface area contributed by atoms with Crippen molar-refractivity contribution in [2.45, 2.75) is 20.3 Å². The third-order valence-electron chi connectivity index (χ3n) is 3.00. The Labute approximate surface area is 117 Å². The topological polar surface area (TPSA) is 65.9 Å². The fourth-order valence-corrected chi connectivity index (χ4v) is 1.96. The molecule has 1 N–H and O–H groups in total. The van der Waals surface area contributed by atoms with Crippen LogP contribution in [0.4, 0.5) is 0 Å². The zero-order chi connectivity index (χ0) is 14.5. The summed E-state index contributed by atoms with van der Waals surface area (Å²) in [6.45, 7) is 4.57. The first kappa shape index (κ1) is 13.9. The smallest absolute Gasteiger partial charge is 0.266 e. The normalized spacial score (nSPS) is 10.1. The number of H-pyrrole nitrogens is 1. The second-order valence-electron chi connectivity index (χ2n) is 4.54. The van der Waals surface area contributed by atoms with Crippen LogP contribution in [0.2, 0.25) is 0 Å². The summed E-state index contributed by atoms with van der Waals surface area (Å²) in [4.78, 5) is 14.2. The van der Waals surface area contributed by atoms with E-state index >= 15 is 0 Å². The van der Waals surface area contributed by atoms with Crippen molar-refractivity contribution in [2.24, 2.45) is 0 Å².